The molecule has 2 aromatic rings. The fourth-order valence-corrected chi connectivity index (χ4v) is 2.36. The normalized spacial score (nSPS) is 13.8. The molecule has 2 atom stereocenters. The number of nitrogens with two attached hydrogens (primary N) is 1. The zero-order valence-electron chi connectivity index (χ0n) is 11.2. The van der Waals surface area contributed by atoms with Crippen LogP contribution in [0.4, 0.5) is 0 Å². The van der Waals surface area contributed by atoms with Gasteiger partial charge in [0.05, 0.1) is 5.02 Å². The van der Waals surface area contributed by atoms with Gasteiger partial charge in [0.15, 0.2) is 0 Å². The molecule has 106 valence electrons. The molecule has 2 unspecified atom stereocenters. The van der Waals surface area contributed by atoms with Gasteiger partial charge in [0.25, 0.3) is 0 Å². The Morgan fingerprint density at radius 3 is 2.50 bits per heavy atom. The summed E-state index contributed by atoms with van der Waals surface area (Å²) in [5.41, 5.74) is 7.14. The first-order valence-electron chi connectivity index (χ1n) is 6.54. The smallest absolute Gasteiger partial charge is 0.139 e. The lowest BCUT2D eigenvalue weighted by atomic mass is 10.0. The second kappa shape index (κ2) is 6.98. The predicted molar refractivity (Wildman–Crippen MR) is 84.5 cm³/mol. The molecule has 20 heavy (non-hydrogen) atoms. The Kier molecular flexibility index (Phi) is 5.30. The number of para-hydroxylation sites is 1. The molecule has 2 nitrogen and oxygen atoms in total. The summed E-state index contributed by atoms with van der Waals surface area (Å²) in [4.78, 5) is 0. The highest BCUT2D eigenvalue weighted by Crippen LogP contribution is 2.31. The summed E-state index contributed by atoms with van der Waals surface area (Å²) in [6.07, 6.45) is 0.514. The summed E-state index contributed by atoms with van der Waals surface area (Å²) in [6, 6.07) is 14.8. The van der Waals surface area contributed by atoms with E-state index in [0.29, 0.717) is 15.8 Å². The van der Waals surface area contributed by atoms with Crippen molar-refractivity contribution in [2.75, 3.05) is 0 Å². The monoisotopic (exact) mass is 309 g/mol. The summed E-state index contributed by atoms with van der Waals surface area (Å²) < 4.78 is 6.02. The molecule has 0 aliphatic carbocycles. The molecule has 2 rings (SSSR count). The number of hydrogen-bond donors (Lipinski definition) is 1. The fourth-order valence-electron chi connectivity index (χ4n) is 1.98. The van der Waals surface area contributed by atoms with E-state index in [1.807, 2.05) is 49.4 Å². The van der Waals surface area contributed by atoms with Gasteiger partial charge in [-0.1, -0.05) is 54.4 Å². The Morgan fingerprint density at radius 2 is 1.85 bits per heavy atom. The number of hydrogen-bond acceptors (Lipinski definition) is 2. The molecule has 0 radical (unpaired) electrons. The van der Waals surface area contributed by atoms with Gasteiger partial charge >= 0.3 is 0 Å². The maximum Gasteiger partial charge on any atom is 0.139 e. The second-order valence-electron chi connectivity index (χ2n) is 4.60. The van der Waals surface area contributed by atoms with E-state index in [1.54, 1.807) is 6.07 Å². The van der Waals surface area contributed by atoms with Crippen molar-refractivity contribution in [1.82, 2.24) is 0 Å². The van der Waals surface area contributed by atoms with Crippen LogP contribution in [0, 0.1) is 0 Å². The van der Waals surface area contributed by atoms with Crippen LogP contribution >= 0.6 is 23.2 Å². The van der Waals surface area contributed by atoms with E-state index >= 15 is 0 Å². The standard InChI is InChI=1S/C16H17Cl2NO/c1-2-14(19)16(11-6-5-7-12(17)10-11)20-15-9-4-3-8-13(15)18/h3-10,14,16H,2,19H2,1H3. The van der Waals surface area contributed by atoms with Gasteiger partial charge < -0.3 is 10.5 Å². The Labute approximate surface area is 129 Å². The van der Waals surface area contributed by atoms with E-state index in [9.17, 15) is 0 Å². The molecule has 0 aromatic heterocycles. The molecule has 0 saturated heterocycles. The first kappa shape index (κ1) is 15.2. The zero-order valence-corrected chi connectivity index (χ0v) is 12.7. The summed E-state index contributed by atoms with van der Waals surface area (Å²) in [5, 5.41) is 1.24. The van der Waals surface area contributed by atoms with Gasteiger partial charge in [0, 0.05) is 11.1 Å². The lowest BCUT2D eigenvalue weighted by molar-refractivity contribution is 0.171. The van der Waals surface area contributed by atoms with E-state index in [0.717, 1.165) is 12.0 Å². The lowest BCUT2D eigenvalue weighted by Gasteiger charge is -2.25. The van der Waals surface area contributed by atoms with Crippen LogP contribution in [0.5, 0.6) is 5.75 Å². The predicted octanol–water partition coefficient (Wildman–Crippen LogP) is 4.85. The van der Waals surface area contributed by atoms with Crippen molar-refractivity contribution in [3.63, 3.8) is 0 Å². The number of benzene rings is 2. The number of rotatable bonds is 5. The van der Waals surface area contributed by atoms with E-state index in [1.165, 1.54) is 0 Å². The highest BCUT2D eigenvalue weighted by Gasteiger charge is 2.21. The average molecular weight is 310 g/mol. The summed E-state index contributed by atoms with van der Waals surface area (Å²) in [5.74, 6) is 0.628. The van der Waals surface area contributed by atoms with Gasteiger partial charge in [-0.3, -0.25) is 0 Å². The topological polar surface area (TPSA) is 35.2 Å². The van der Waals surface area contributed by atoms with E-state index in [-0.39, 0.29) is 12.1 Å². The number of ether oxygens (including phenoxy) is 1. The molecule has 0 amide bonds. The van der Waals surface area contributed by atoms with Crippen LogP contribution in [0.15, 0.2) is 48.5 Å². The molecule has 0 aliphatic rings. The van der Waals surface area contributed by atoms with E-state index in [4.69, 9.17) is 33.7 Å². The van der Waals surface area contributed by atoms with Crippen LogP contribution in [-0.4, -0.2) is 6.04 Å². The molecule has 0 fully saturated rings. The Hall–Kier alpha value is -1.22. The molecular formula is C16H17Cl2NO. The van der Waals surface area contributed by atoms with Gasteiger partial charge in [-0.2, -0.15) is 0 Å². The Bertz CT molecular complexity index is 574. The fraction of sp³-hybridized carbons (Fsp3) is 0.250. The Balaban J connectivity index is 2.31. The van der Waals surface area contributed by atoms with Crippen LogP contribution in [-0.2, 0) is 0 Å². The summed E-state index contributed by atoms with van der Waals surface area (Å²) >= 11 is 12.2. The van der Waals surface area contributed by atoms with Crippen LogP contribution in [0.2, 0.25) is 10.0 Å². The second-order valence-corrected chi connectivity index (χ2v) is 5.44. The molecule has 0 saturated carbocycles. The van der Waals surface area contributed by atoms with Gasteiger partial charge in [0.1, 0.15) is 11.9 Å². The number of halogens is 2. The van der Waals surface area contributed by atoms with Crippen molar-refractivity contribution >= 4 is 23.2 Å². The summed E-state index contributed by atoms with van der Waals surface area (Å²) in [7, 11) is 0. The zero-order chi connectivity index (χ0) is 14.5. The minimum atomic E-state index is -0.279. The van der Waals surface area contributed by atoms with Crippen molar-refractivity contribution in [3.05, 3.63) is 64.1 Å². The third kappa shape index (κ3) is 3.66. The van der Waals surface area contributed by atoms with E-state index < -0.39 is 0 Å². The molecule has 2 N–H and O–H groups in total. The van der Waals surface area contributed by atoms with Crippen LogP contribution < -0.4 is 10.5 Å². The quantitative estimate of drug-likeness (QED) is 0.856. The van der Waals surface area contributed by atoms with Crippen molar-refractivity contribution in [1.29, 1.82) is 0 Å². The van der Waals surface area contributed by atoms with Crippen LogP contribution in [0.3, 0.4) is 0 Å². The SMILES string of the molecule is CCC(N)C(Oc1ccccc1Cl)c1cccc(Cl)c1. The molecule has 2 aromatic carbocycles. The van der Waals surface area contributed by atoms with Crippen molar-refractivity contribution < 1.29 is 4.74 Å². The average Bonchev–Trinajstić information content (AvgIpc) is 2.45. The largest absolute Gasteiger partial charge is 0.483 e. The minimum absolute atomic E-state index is 0.135. The maximum atomic E-state index is 6.19. The summed E-state index contributed by atoms with van der Waals surface area (Å²) in [6.45, 7) is 2.03. The molecule has 0 aliphatic heterocycles. The minimum Gasteiger partial charge on any atom is -0.483 e. The van der Waals surface area contributed by atoms with Gasteiger partial charge in [-0.25, -0.2) is 0 Å². The lowest BCUT2D eigenvalue weighted by Crippen LogP contribution is -2.31. The third-order valence-electron chi connectivity index (χ3n) is 3.13. The van der Waals surface area contributed by atoms with Gasteiger partial charge in [0.2, 0.25) is 0 Å². The molecule has 4 heteroatoms. The van der Waals surface area contributed by atoms with Crippen molar-refractivity contribution in [2.45, 2.75) is 25.5 Å². The molecule has 0 spiro atoms. The molecule has 0 heterocycles. The highest BCUT2D eigenvalue weighted by atomic mass is 35.5. The van der Waals surface area contributed by atoms with Crippen LogP contribution in [0.25, 0.3) is 0 Å². The molecule has 0 bridgehead atoms. The van der Waals surface area contributed by atoms with Crippen molar-refractivity contribution in [2.24, 2.45) is 5.73 Å². The molecular weight excluding hydrogens is 293 g/mol. The van der Waals surface area contributed by atoms with Crippen LogP contribution in [0.1, 0.15) is 25.0 Å². The van der Waals surface area contributed by atoms with Crippen molar-refractivity contribution in [3.8, 4) is 5.75 Å². The third-order valence-corrected chi connectivity index (χ3v) is 3.68. The Morgan fingerprint density at radius 1 is 1.10 bits per heavy atom. The highest BCUT2D eigenvalue weighted by molar-refractivity contribution is 6.32. The first-order valence-corrected chi connectivity index (χ1v) is 7.29. The first-order chi connectivity index (χ1) is 9.61. The van der Waals surface area contributed by atoms with Gasteiger partial charge in [-0.05, 0) is 36.2 Å². The van der Waals surface area contributed by atoms with E-state index in [2.05, 4.69) is 0 Å². The maximum absolute atomic E-state index is 6.19. The van der Waals surface area contributed by atoms with Gasteiger partial charge in [-0.15, -0.1) is 0 Å².